The highest BCUT2D eigenvalue weighted by Gasteiger charge is 2.37. The summed E-state index contributed by atoms with van der Waals surface area (Å²) in [5.74, 6) is -0.199. The van der Waals surface area contributed by atoms with Gasteiger partial charge in [0.05, 0.1) is 10.6 Å². The van der Waals surface area contributed by atoms with Crippen LogP contribution in [0.2, 0.25) is 0 Å². The van der Waals surface area contributed by atoms with Crippen molar-refractivity contribution in [3.63, 3.8) is 0 Å². The Morgan fingerprint density at radius 2 is 1.67 bits per heavy atom. The zero-order chi connectivity index (χ0) is 18.6. The molecule has 3 aromatic rings. The van der Waals surface area contributed by atoms with Crippen LogP contribution >= 0.6 is 0 Å². The number of carbonyl (C=O) groups excluding carboxylic acids is 1. The summed E-state index contributed by atoms with van der Waals surface area (Å²) in [6.45, 7) is 0.422. The Hall–Kier alpha value is -2.86. The van der Waals surface area contributed by atoms with Crippen LogP contribution in [0.4, 0.5) is 11.4 Å². The molecule has 136 valence electrons. The number of amides is 1. The van der Waals surface area contributed by atoms with Crippen molar-refractivity contribution in [1.29, 1.82) is 0 Å². The molecule has 2 aliphatic rings. The van der Waals surface area contributed by atoms with E-state index in [4.69, 9.17) is 0 Å². The van der Waals surface area contributed by atoms with Crippen LogP contribution in [0.1, 0.15) is 12.0 Å². The van der Waals surface area contributed by atoms with E-state index in [1.54, 1.807) is 23.1 Å². The summed E-state index contributed by atoms with van der Waals surface area (Å²) in [5, 5.41) is 1.57. The molecule has 0 saturated carbocycles. The smallest absolute Gasteiger partial charge is 0.265 e. The van der Waals surface area contributed by atoms with E-state index in [-0.39, 0.29) is 17.3 Å². The molecule has 2 heterocycles. The highest BCUT2D eigenvalue weighted by molar-refractivity contribution is 7.93. The van der Waals surface area contributed by atoms with Crippen molar-refractivity contribution < 1.29 is 13.2 Å². The Morgan fingerprint density at radius 3 is 2.52 bits per heavy atom. The molecule has 0 N–H and O–H groups in total. The number of para-hydroxylation sites is 1. The van der Waals surface area contributed by atoms with Gasteiger partial charge in [-0.05, 0) is 42.0 Å². The number of fused-ring (bicyclic) bond motifs is 1. The van der Waals surface area contributed by atoms with Crippen molar-refractivity contribution in [3.05, 3.63) is 66.2 Å². The molecule has 0 bridgehead atoms. The molecular weight excluding hydrogens is 360 g/mol. The number of hydrogen-bond donors (Lipinski definition) is 0. The summed E-state index contributed by atoms with van der Waals surface area (Å²) < 4.78 is 27.4. The number of anilines is 2. The molecule has 0 aliphatic carbocycles. The Morgan fingerprint density at radius 1 is 0.926 bits per heavy atom. The lowest BCUT2D eigenvalue weighted by Crippen LogP contribution is -2.43. The average molecular weight is 378 g/mol. The maximum Gasteiger partial charge on any atom is 0.265 e. The van der Waals surface area contributed by atoms with E-state index in [1.165, 1.54) is 4.31 Å². The number of aryl methyl sites for hydroxylation is 1. The third-order valence-corrected chi connectivity index (χ3v) is 7.17. The van der Waals surface area contributed by atoms with E-state index in [0.29, 0.717) is 17.6 Å². The molecular formula is C21H18N2O3S. The standard InChI is InChI=1S/C21H18N2O3S/c24-20(22-13-5-9-15-6-1-2-10-17(15)22)14-23-18-11-3-7-16-8-4-12-19(21(16)18)27(23,25)26/h1-4,6-8,10-12H,5,9,13-14H2. The summed E-state index contributed by atoms with van der Waals surface area (Å²) in [6.07, 6.45) is 1.82. The first-order valence-electron chi connectivity index (χ1n) is 9.00. The number of rotatable bonds is 2. The van der Waals surface area contributed by atoms with Crippen LogP contribution in [-0.4, -0.2) is 27.4 Å². The summed E-state index contributed by atoms with van der Waals surface area (Å²) in [5.41, 5.74) is 2.61. The molecule has 0 saturated heterocycles. The van der Waals surface area contributed by atoms with Gasteiger partial charge in [-0.1, -0.05) is 42.5 Å². The van der Waals surface area contributed by atoms with Gasteiger partial charge in [-0.3, -0.25) is 9.10 Å². The van der Waals surface area contributed by atoms with Gasteiger partial charge in [0, 0.05) is 17.6 Å². The van der Waals surface area contributed by atoms with Gasteiger partial charge < -0.3 is 4.90 Å². The van der Waals surface area contributed by atoms with E-state index in [9.17, 15) is 13.2 Å². The van der Waals surface area contributed by atoms with Gasteiger partial charge in [0.15, 0.2) is 0 Å². The minimum atomic E-state index is -3.72. The first-order chi connectivity index (χ1) is 13.1. The highest BCUT2D eigenvalue weighted by Crippen LogP contribution is 2.42. The normalized spacial score (nSPS) is 17.2. The predicted molar refractivity (Wildman–Crippen MR) is 106 cm³/mol. The van der Waals surface area contributed by atoms with Gasteiger partial charge in [-0.25, -0.2) is 8.42 Å². The average Bonchev–Trinajstić information content (AvgIpc) is 2.91. The molecule has 1 amide bonds. The fourth-order valence-electron chi connectivity index (χ4n) is 4.13. The predicted octanol–water partition coefficient (Wildman–Crippen LogP) is 3.33. The van der Waals surface area contributed by atoms with Gasteiger partial charge in [-0.2, -0.15) is 0 Å². The van der Waals surface area contributed by atoms with Crippen molar-refractivity contribution in [3.8, 4) is 0 Å². The lowest BCUT2D eigenvalue weighted by atomic mass is 10.0. The van der Waals surface area contributed by atoms with E-state index < -0.39 is 10.0 Å². The van der Waals surface area contributed by atoms with Crippen LogP contribution in [0.25, 0.3) is 10.8 Å². The molecule has 0 radical (unpaired) electrons. The van der Waals surface area contributed by atoms with Crippen molar-refractivity contribution >= 4 is 38.1 Å². The molecule has 0 aromatic heterocycles. The maximum absolute atomic E-state index is 13.1. The molecule has 0 spiro atoms. The van der Waals surface area contributed by atoms with Gasteiger partial charge in [0.1, 0.15) is 6.54 Å². The highest BCUT2D eigenvalue weighted by atomic mass is 32.2. The van der Waals surface area contributed by atoms with Gasteiger partial charge >= 0.3 is 0 Å². The van der Waals surface area contributed by atoms with Crippen LogP contribution in [0.3, 0.4) is 0 Å². The van der Waals surface area contributed by atoms with Crippen LogP contribution < -0.4 is 9.21 Å². The summed E-state index contributed by atoms with van der Waals surface area (Å²) in [4.78, 5) is 15.1. The molecule has 27 heavy (non-hydrogen) atoms. The second-order valence-corrected chi connectivity index (χ2v) is 8.75. The number of sulfonamides is 1. The lowest BCUT2D eigenvalue weighted by molar-refractivity contribution is -0.117. The number of nitrogens with zero attached hydrogens (tertiary/aromatic N) is 2. The Kier molecular flexibility index (Phi) is 3.52. The third kappa shape index (κ3) is 2.36. The second-order valence-electron chi connectivity index (χ2n) is 6.92. The fraction of sp³-hybridized carbons (Fsp3) is 0.190. The molecule has 3 aromatic carbocycles. The molecule has 5 nitrogen and oxygen atoms in total. The van der Waals surface area contributed by atoms with Gasteiger partial charge in [0.25, 0.3) is 10.0 Å². The van der Waals surface area contributed by atoms with E-state index in [1.807, 2.05) is 42.5 Å². The quantitative estimate of drug-likeness (QED) is 0.687. The van der Waals surface area contributed by atoms with Crippen LogP contribution in [0.15, 0.2) is 65.6 Å². The van der Waals surface area contributed by atoms with Crippen molar-refractivity contribution in [1.82, 2.24) is 0 Å². The molecule has 0 fully saturated rings. The van der Waals surface area contributed by atoms with E-state index in [2.05, 4.69) is 0 Å². The van der Waals surface area contributed by atoms with Crippen LogP contribution in [-0.2, 0) is 21.2 Å². The molecule has 2 aliphatic heterocycles. The SMILES string of the molecule is O=C(CN1c2cccc3cccc(c23)S1(=O)=O)N1CCCc2ccccc21. The van der Waals surface area contributed by atoms with Gasteiger partial charge in [0.2, 0.25) is 5.91 Å². The van der Waals surface area contributed by atoms with Gasteiger partial charge in [-0.15, -0.1) is 0 Å². The Balaban J connectivity index is 1.54. The number of hydrogen-bond acceptors (Lipinski definition) is 3. The number of carbonyl (C=O) groups is 1. The zero-order valence-electron chi connectivity index (χ0n) is 14.6. The second kappa shape index (κ2) is 5.82. The van der Waals surface area contributed by atoms with Crippen molar-refractivity contribution in [2.45, 2.75) is 17.7 Å². The summed E-state index contributed by atoms with van der Waals surface area (Å²) in [7, 11) is -3.72. The van der Waals surface area contributed by atoms with E-state index >= 15 is 0 Å². The van der Waals surface area contributed by atoms with Crippen molar-refractivity contribution in [2.75, 3.05) is 22.3 Å². The monoisotopic (exact) mass is 378 g/mol. The molecule has 6 heteroatoms. The minimum Gasteiger partial charge on any atom is -0.311 e. The summed E-state index contributed by atoms with van der Waals surface area (Å²) >= 11 is 0. The zero-order valence-corrected chi connectivity index (χ0v) is 15.4. The minimum absolute atomic E-state index is 0.190. The molecule has 0 atom stereocenters. The first-order valence-corrected chi connectivity index (χ1v) is 10.4. The Bertz CT molecular complexity index is 1180. The fourth-order valence-corrected chi connectivity index (χ4v) is 5.79. The van der Waals surface area contributed by atoms with Crippen LogP contribution in [0.5, 0.6) is 0 Å². The summed E-state index contributed by atoms with van der Waals surface area (Å²) in [6, 6.07) is 18.6. The largest absolute Gasteiger partial charge is 0.311 e. The number of benzene rings is 3. The van der Waals surface area contributed by atoms with Crippen LogP contribution in [0, 0.1) is 0 Å². The molecule has 5 rings (SSSR count). The Labute approximate surface area is 157 Å². The maximum atomic E-state index is 13.1. The lowest BCUT2D eigenvalue weighted by Gasteiger charge is -2.31. The van der Waals surface area contributed by atoms with Crippen molar-refractivity contribution in [2.24, 2.45) is 0 Å². The third-order valence-electron chi connectivity index (χ3n) is 5.37. The first kappa shape index (κ1) is 16.3. The topological polar surface area (TPSA) is 57.7 Å². The molecule has 0 unspecified atom stereocenters. The van der Waals surface area contributed by atoms with E-state index in [0.717, 1.165) is 29.5 Å².